The second kappa shape index (κ2) is 6.45. The number of hydrogen-bond acceptors (Lipinski definition) is 3. The molecule has 0 aromatic carbocycles. The Morgan fingerprint density at radius 1 is 1.26 bits per heavy atom. The average Bonchev–Trinajstić information content (AvgIpc) is 2.49. The Balaban J connectivity index is 2.10. The van der Waals surface area contributed by atoms with Crippen molar-refractivity contribution in [1.29, 1.82) is 0 Å². The number of carbonyl (C=O) groups excluding carboxylic acids is 2. The normalized spacial score (nSPS) is 17.0. The molecule has 0 saturated carbocycles. The summed E-state index contributed by atoms with van der Waals surface area (Å²) in [6.07, 6.45) is 5.38. The summed E-state index contributed by atoms with van der Waals surface area (Å²) < 4.78 is 0. The summed E-state index contributed by atoms with van der Waals surface area (Å²) in [5.41, 5.74) is 0.389. The number of rotatable bonds is 4. The van der Waals surface area contributed by atoms with Crippen molar-refractivity contribution in [1.82, 2.24) is 9.88 Å². The van der Waals surface area contributed by atoms with Crippen LogP contribution in [-0.2, 0) is 4.79 Å². The molecular weight excluding hydrogens is 240 g/mol. The van der Waals surface area contributed by atoms with E-state index in [1.165, 1.54) is 6.42 Å². The smallest absolute Gasteiger partial charge is 0.233 e. The summed E-state index contributed by atoms with van der Waals surface area (Å²) in [4.78, 5) is 30.7. The lowest BCUT2D eigenvalue weighted by molar-refractivity contribution is -0.134. The van der Waals surface area contributed by atoms with Gasteiger partial charge in [-0.3, -0.25) is 14.6 Å². The third-order valence-electron chi connectivity index (χ3n) is 3.61. The predicted octanol–water partition coefficient (Wildman–Crippen LogP) is 2.30. The highest BCUT2D eigenvalue weighted by Crippen LogP contribution is 2.17. The molecule has 1 atom stereocenters. The fraction of sp³-hybridized carbons (Fsp3) is 0.533. The highest BCUT2D eigenvalue weighted by molar-refractivity contribution is 6.09. The minimum Gasteiger partial charge on any atom is -0.342 e. The maximum Gasteiger partial charge on any atom is 0.233 e. The Morgan fingerprint density at radius 3 is 2.58 bits per heavy atom. The SMILES string of the molecule is CCC(C(=O)c1ccccn1)C(=O)N1CCCCC1. The van der Waals surface area contributed by atoms with Crippen LogP contribution in [0.15, 0.2) is 24.4 Å². The highest BCUT2D eigenvalue weighted by Gasteiger charge is 2.30. The molecule has 0 radical (unpaired) electrons. The summed E-state index contributed by atoms with van der Waals surface area (Å²) in [5.74, 6) is -0.760. The van der Waals surface area contributed by atoms with Gasteiger partial charge in [0.25, 0.3) is 0 Å². The van der Waals surface area contributed by atoms with Gasteiger partial charge in [-0.05, 0) is 37.8 Å². The Kier molecular flexibility index (Phi) is 4.66. The van der Waals surface area contributed by atoms with Gasteiger partial charge in [-0.2, -0.15) is 0 Å². The summed E-state index contributed by atoms with van der Waals surface area (Å²) in [7, 11) is 0. The van der Waals surface area contributed by atoms with E-state index in [1.807, 2.05) is 11.8 Å². The third kappa shape index (κ3) is 3.19. The third-order valence-corrected chi connectivity index (χ3v) is 3.61. The molecule has 1 amide bonds. The van der Waals surface area contributed by atoms with E-state index < -0.39 is 5.92 Å². The lowest BCUT2D eigenvalue weighted by Crippen LogP contribution is -2.42. The summed E-state index contributed by atoms with van der Waals surface area (Å²) in [6, 6.07) is 5.22. The monoisotopic (exact) mass is 260 g/mol. The summed E-state index contributed by atoms with van der Waals surface area (Å²) in [5, 5.41) is 0. The number of nitrogens with zero attached hydrogens (tertiary/aromatic N) is 2. The van der Waals surface area contributed by atoms with Gasteiger partial charge in [0.2, 0.25) is 5.91 Å². The van der Waals surface area contributed by atoms with Crippen LogP contribution in [0.1, 0.15) is 43.1 Å². The van der Waals surface area contributed by atoms with E-state index in [1.54, 1.807) is 24.4 Å². The van der Waals surface area contributed by atoms with Crippen LogP contribution in [0.2, 0.25) is 0 Å². The van der Waals surface area contributed by atoms with Crippen molar-refractivity contribution in [2.45, 2.75) is 32.6 Å². The molecule has 1 aliphatic rings. The highest BCUT2D eigenvalue weighted by atomic mass is 16.2. The van der Waals surface area contributed by atoms with E-state index in [2.05, 4.69) is 4.98 Å². The van der Waals surface area contributed by atoms with Crippen LogP contribution in [0.3, 0.4) is 0 Å². The number of ketones is 1. The molecule has 0 bridgehead atoms. The van der Waals surface area contributed by atoms with Gasteiger partial charge in [0.05, 0.1) is 0 Å². The number of piperidine rings is 1. The van der Waals surface area contributed by atoms with Crippen LogP contribution in [0.5, 0.6) is 0 Å². The number of amides is 1. The fourth-order valence-electron chi connectivity index (χ4n) is 2.49. The standard InChI is InChI=1S/C15H20N2O2/c1-2-12(14(18)13-8-4-5-9-16-13)15(19)17-10-6-3-7-11-17/h4-5,8-9,12H,2-3,6-7,10-11H2,1H3. The summed E-state index contributed by atoms with van der Waals surface area (Å²) in [6.45, 7) is 3.45. The van der Waals surface area contributed by atoms with Crippen LogP contribution in [0.4, 0.5) is 0 Å². The van der Waals surface area contributed by atoms with Crippen molar-refractivity contribution in [3.8, 4) is 0 Å². The van der Waals surface area contributed by atoms with Gasteiger partial charge in [-0.15, -0.1) is 0 Å². The van der Waals surface area contributed by atoms with Crippen LogP contribution in [0, 0.1) is 5.92 Å². The maximum atomic E-state index is 12.4. The molecule has 102 valence electrons. The second-order valence-corrected chi connectivity index (χ2v) is 4.93. The van der Waals surface area contributed by atoms with Gasteiger partial charge >= 0.3 is 0 Å². The van der Waals surface area contributed by atoms with Gasteiger partial charge in [-0.25, -0.2) is 0 Å². The zero-order valence-corrected chi connectivity index (χ0v) is 11.3. The van der Waals surface area contributed by atoms with Gasteiger partial charge in [0, 0.05) is 19.3 Å². The molecule has 2 heterocycles. The molecule has 1 aliphatic heterocycles. The number of carbonyl (C=O) groups is 2. The van der Waals surface area contributed by atoms with Crippen molar-refractivity contribution in [3.05, 3.63) is 30.1 Å². The van der Waals surface area contributed by atoms with E-state index in [9.17, 15) is 9.59 Å². The van der Waals surface area contributed by atoms with Crippen LogP contribution < -0.4 is 0 Å². The van der Waals surface area contributed by atoms with Gasteiger partial charge < -0.3 is 4.90 Å². The molecule has 2 rings (SSSR count). The van der Waals surface area contributed by atoms with Gasteiger partial charge in [-0.1, -0.05) is 13.0 Å². The molecule has 0 N–H and O–H groups in total. The molecular formula is C15H20N2O2. The number of Topliss-reactive ketones (excluding diaryl/α,β-unsaturated/α-hetero) is 1. The molecule has 1 unspecified atom stereocenters. The molecule has 4 heteroatoms. The van der Waals surface area contributed by atoms with E-state index in [0.29, 0.717) is 12.1 Å². The second-order valence-electron chi connectivity index (χ2n) is 4.93. The minimum absolute atomic E-state index is 0.0298. The maximum absolute atomic E-state index is 12.4. The first kappa shape index (κ1) is 13.7. The van der Waals surface area contributed by atoms with Crippen LogP contribution in [0.25, 0.3) is 0 Å². The predicted molar refractivity (Wildman–Crippen MR) is 72.8 cm³/mol. The van der Waals surface area contributed by atoms with Crippen LogP contribution >= 0.6 is 0 Å². The van der Waals surface area contributed by atoms with Crippen LogP contribution in [-0.4, -0.2) is 34.7 Å². The zero-order chi connectivity index (χ0) is 13.7. The van der Waals surface area contributed by atoms with Crippen molar-refractivity contribution in [2.24, 2.45) is 5.92 Å². The molecule has 1 fully saturated rings. The quantitative estimate of drug-likeness (QED) is 0.616. The summed E-state index contributed by atoms with van der Waals surface area (Å²) >= 11 is 0. The molecule has 1 saturated heterocycles. The molecule has 1 aromatic heterocycles. The number of pyridine rings is 1. The first-order valence-corrected chi connectivity index (χ1v) is 6.98. The largest absolute Gasteiger partial charge is 0.342 e. The molecule has 19 heavy (non-hydrogen) atoms. The molecule has 0 aliphatic carbocycles. The van der Waals surface area contributed by atoms with E-state index >= 15 is 0 Å². The first-order chi connectivity index (χ1) is 9.24. The van der Waals surface area contributed by atoms with E-state index in [-0.39, 0.29) is 11.7 Å². The topological polar surface area (TPSA) is 50.3 Å². The Hall–Kier alpha value is -1.71. The zero-order valence-electron chi connectivity index (χ0n) is 11.3. The lowest BCUT2D eigenvalue weighted by Gasteiger charge is -2.29. The van der Waals surface area contributed by atoms with Gasteiger partial charge in [0.15, 0.2) is 5.78 Å². The lowest BCUT2D eigenvalue weighted by atomic mass is 9.95. The average molecular weight is 260 g/mol. The number of hydrogen-bond donors (Lipinski definition) is 0. The first-order valence-electron chi connectivity index (χ1n) is 6.98. The molecule has 4 nitrogen and oxygen atoms in total. The van der Waals surface area contributed by atoms with Crippen molar-refractivity contribution < 1.29 is 9.59 Å². The van der Waals surface area contributed by atoms with Crippen molar-refractivity contribution in [3.63, 3.8) is 0 Å². The Bertz CT molecular complexity index is 439. The Morgan fingerprint density at radius 2 is 2.00 bits per heavy atom. The van der Waals surface area contributed by atoms with E-state index in [4.69, 9.17) is 0 Å². The minimum atomic E-state index is -0.576. The Labute approximate surface area is 113 Å². The van der Waals surface area contributed by atoms with Crippen molar-refractivity contribution >= 4 is 11.7 Å². The van der Waals surface area contributed by atoms with E-state index in [0.717, 1.165) is 25.9 Å². The fourth-order valence-corrected chi connectivity index (χ4v) is 2.49. The number of likely N-dealkylation sites (tertiary alicyclic amines) is 1. The van der Waals surface area contributed by atoms with Crippen molar-refractivity contribution in [2.75, 3.05) is 13.1 Å². The van der Waals surface area contributed by atoms with Gasteiger partial charge in [0.1, 0.15) is 11.6 Å². The molecule has 1 aromatic rings. The molecule has 0 spiro atoms. The number of aromatic nitrogens is 1.